The summed E-state index contributed by atoms with van der Waals surface area (Å²) in [7, 11) is -3.91. The predicted molar refractivity (Wildman–Crippen MR) is 106 cm³/mol. The Kier molecular flexibility index (Phi) is 5.59. The zero-order valence-electron chi connectivity index (χ0n) is 16.4. The van der Waals surface area contributed by atoms with Gasteiger partial charge in [-0.05, 0) is 35.2 Å². The van der Waals surface area contributed by atoms with Crippen molar-refractivity contribution in [2.75, 3.05) is 26.2 Å². The third-order valence-corrected chi connectivity index (χ3v) is 6.91. The van der Waals surface area contributed by atoms with Crippen LogP contribution in [0.25, 0.3) is 0 Å². The molecule has 1 amide bonds. The molecule has 1 aliphatic rings. The molecule has 0 N–H and O–H groups in total. The fraction of sp³-hybridized carbons (Fsp3) is 0.381. The number of hydrogen-bond acceptors (Lipinski definition) is 3. The van der Waals surface area contributed by atoms with Crippen LogP contribution in [0.15, 0.2) is 53.4 Å². The van der Waals surface area contributed by atoms with Crippen molar-refractivity contribution < 1.29 is 17.6 Å². The maximum atomic E-state index is 13.9. The van der Waals surface area contributed by atoms with Crippen LogP contribution in [-0.4, -0.2) is 49.7 Å². The molecule has 1 saturated heterocycles. The first-order valence-electron chi connectivity index (χ1n) is 9.25. The van der Waals surface area contributed by atoms with Crippen LogP contribution < -0.4 is 0 Å². The summed E-state index contributed by atoms with van der Waals surface area (Å²) < 4.78 is 40.5. The van der Waals surface area contributed by atoms with Gasteiger partial charge < -0.3 is 4.90 Å². The van der Waals surface area contributed by atoms with Crippen LogP contribution in [0.4, 0.5) is 4.39 Å². The summed E-state index contributed by atoms with van der Waals surface area (Å²) in [5, 5.41) is 0. The molecule has 5 nitrogen and oxygen atoms in total. The van der Waals surface area contributed by atoms with Crippen LogP contribution >= 0.6 is 0 Å². The Balaban J connectivity index is 1.68. The lowest BCUT2D eigenvalue weighted by Gasteiger charge is -2.34. The van der Waals surface area contributed by atoms with Gasteiger partial charge >= 0.3 is 0 Å². The van der Waals surface area contributed by atoms with Crippen molar-refractivity contribution in [2.45, 2.75) is 31.1 Å². The van der Waals surface area contributed by atoms with E-state index < -0.39 is 15.8 Å². The van der Waals surface area contributed by atoms with E-state index in [1.807, 2.05) is 24.3 Å². The molecule has 3 rings (SSSR count). The topological polar surface area (TPSA) is 57.7 Å². The monoisotopic (exact) mass is 404 g/mol. The fourth-order valence-corrected chi connectivity index (χ4v) is 4.71. The average Bonchev–Trinajstić information content (AvgIpc) is 2.67. The molecule has 1 fully saturated rings. The Morgan fingerprint density at radius 2 is 1.50 bits per heavy atom. The molecule has 150 valence electrons. The number of amides is 1. The van der Waals surface area contributed by atoms with Crippen LogP contribution in [0.1, 0.15) is 36.7 Å². The van der Waals surface area contributed by atoms with E-state index in [4.69, 9.17) is 0 Å². The number of halogens is 1. The molecule has 0 unspecified atom stereocenters. The minimum Gasteiger partial charge on any atom is -0.336 e. The quantitative estimate of drug-likeness (QED) is 0.789. The third kappa shape index (κ3) is 4.10. The zero-order chi connectivity index (χ0) is 20.5. The Morgan fingerprint density at radius 1 is 0.929 bits per heavy atom. The highest BCUT2D eigenvalue weighted by atomic mass is 32.2. The molecular formula is C21H25FN2O3S. The lowest BCUT2D eigenvalue weighted by molar-refractivity contribution is 0.0697. The molecule has 0 radical (unpaired) electrons. The second-order valence-electron chi connectivity index (χ2n) is 7.95. The number of rotatable bonds is 3. The van der Waals surface area contributed by atoms with Gasteiger partial charge in [0, 0.05) is 31.7 Å². The summed E-state index contributed by atoms with van der Waals surface area (Å²) >= 11 is 0. The molecule has 0 aliphatic carbocycles. The first-order chi connectivity index (χ1) is 13.1. The Labute approximate surface area is 165 Å². The van der Waals surface area contributed by atoms with Crippen LogP contribution in [0.2, 0.25) is 0 Å². The van der Waals surface area contributed by atoms with Gasteiger partial charge in [0.1, 0.15) is 10.7 Å². The van der Waals surface area contributed by atoms with E-state index in [1.54, 1.807) is 4.90 Å². The first-order valence-corrected chi connectivity index (χ1v) is 10.7. The van der Waals surface area contributed by atoms with E-state index in [0.717, 1.165) is 11.6 Å². The molecule has 7 heteroatoms. The summed E-state index contributed by atoms with van der Waals surface area (Å²) in [6.07, 6.45) is 0. The fourth-order valence-electron chi connectivity index (χ4n) is 3.22. The van der Waals surface area contributed by atoms with Gasteiger partial charge in [0.2, 0.25) is 10.0 Å². The summed E-state index contributed by atoms with van der Waals surface area (Å²) in [5.74, 6) is -0.886. The molecule has 0 aromatic heterocycles. The lowest BCUT2D eigenvalue weighted by atomic mass is 9.86. The Hall–Kier alpha value is -2.25. The van der Waals surface area contributed by atoms with Gasteiger partial charge in [-0.2, -0.15) is 4.31 Å². The Bertz CT molecular complexity index is 958. The number of piperazine rings is 1. The molecule has 0 saturated carbocycles. The predicted octanol–water partition coefficient (Wildman–Crippen LogP) is 3.27. The molecular weight excluding hydrogens is 379 g/mol. The second-order valence-corrected chi connectivity index (χ2v) is 9.86. The van der Waals surface area contributed by atoms with Gasteiger partial charge in [0.15, 0.2) is 0 Å². The van der Waals surface area contributed by atoms with Crippen molar-refractivity contribution in [3.8, 4) is 0 Å². The maximum Gasteiger partial charge on any atom is 0.253 e. The zero-order valence-corrected chi connectivity index (χ0v) is 17.2. The van der Waals surface area contributed by atoms with E-state index in [9.17, 15) is 17.6 Å². The van der Waals surface area contributed by atoms with Crippen molar-refractivity contribution >= 4 is 15.9 Å². The smallest absolute Gasteiger partial charge is 0.253 e. The number of carbonyl (C=O) groups excluding carboxylic acids is 1. The highest BCUT2D eigenvalue weighted by molar-refractivity contribution is 7.89. The summed E-state index contributed by atoms with van der Waals surface area (Å²) in [4.78, 5) is 14.1. The Morgan fingerprint density at radius 3 is 2.04 bits per heavy atom. The van der Waals surface area contributed by atoms with Crippen LogP contribution in [0, 0.1) is 5.82 Å². The van der Waals surface area contributed by atoms with Crippen molar-refractivity contribution in [3.63, 3.8) is 0 Å². The molecule has 1 heterocycles. The minimum atomic E-state index is -3.91. The number of nitrogens with zero attached hydrogens (tertiary/aromatic N) is 2. The maximum absolute atomic E-state index is 13.9. The van der Waals surface area contributed by atoms with Crippen molar-refractivity contribution in [3.05, 3.63) is 65.5 Å². The highest BCUT2D eigenvalue weighted by Crippen LogP contribution is 2.24. The van der Waals surface area contributed by atoms with Gasteiger partial charge in [-0.15, -0.1) is 0 Å². The van der Waals surface area contributed by atoms with E-state index in [0.29, 0.717) is 5.56 Å². The van der Waals surface area contributed by atoms with E-state index in [2.05, 4.69) is 20.8 Å². The van der Waals surface area contributed by atoms with Crippen LogP contribution in [-0.2, 0) is 15.4 Å². The lowest BCUT2D eigenvalue weighted by Crippen LogP contribution is -2.50. The van der Waals surface area contributed by atoms with Gasteiger partial charge in [0.05, 0.1) is 0 Å². The van der Waals surface area contributed by atoms with E-state index in [1.165, 1.54) is 22.5 Å². The summed E-state index contributed by atoms with van der Waals surface area (Å²) in [6, 6.07) is 12.9. The third-order valence-electron chi connectivity index (χ3n) is 4.98. The van der Waals surface area contributed by atoms with Gasteiger partial charge in [-0.3, -0.25) is 4.79 Å². The summed E-state index contributed by atoms with van der Waals surface area (Å²) in [6.45, 7) is 7.16. The number of hydrogen-bond donors (Lipinski definition) is 0. The van der Waals surface area contributed by atoms with Gasteiger partial charge in [0.25, 0.3) is 5.91 Å². The average molecular weight is 405 g/mol. The molecule has 2 aromatic carbocycles. The van der Waals surface area contributed by atoms with Crippen molar-refractivity contribution in [1.29, 1.82) is 0 Å². The molecule has 2 aromatic rings. The number of benzene rings is 2. The van der Waals surface area contributed by atoms with E-state index in [-0.39, 0.29) is 42.4 Å². The highest BCUT2D eigenvalue weighted by Gasteiger charge is 2.32. The molecule has 0 bridgehead atoms. The molecule has 0 spiro atoms. The molecule has 0 atom stereocenters. The van der Waals surface area contributed by atoms with Gasteiger partial charge in [-0.25, -0.2) is 12.8 Å². The number of sulfonamides is 1. The summed E-state index contributed by atoms with van der Waals surface area (Å²) in [5.41, 5.74) is 1.73. The van der Waals surface area contributed by atoms with Crippen LogP contribution in [0.3, 0.4) is 0 Å². The van der Waals surface area contributed by atoms with Crippen LogP contribution in [0.5, 0.6) is 0 Å². The largest absolute Gasteiger partial charge is 0.336 e. The van der Waals surface area contributed by atoms with Crippen molar-refractivity contribution in [1.82, 2.24) is 9.21 Å². The van der Waals surface area contributed by atoms with Crippen molar-refractivity contribution in [2.24, 2.45) is 0 Å². The SMILES string of the molecule is CC(C)(C)c1ccc(C(=O)N2CCN(S(=O)(=O)c3ccccc3F)CC2)cc1. The normalized spacial score (nSPS) is 16.2. The minimum absolute atomic E-state index is 0.00821. The first kappa shape index (κ1) is 20.5. The standard InChI is InChI=1S/C21H25FN2O3S/c1-21(2,3)17-10-8-16(9-11-17)20(25)23-12-14-24(15-13-23)28(26,27)19-7-5-4-6-18(19)22/h4-11H,12-15H2,1-3H3. The van der Waals surface area contributed by atoms with Gasteiger partial charge in [-0.1, -0.05) is 45.0 Å². The number of carbonyl (C=O) groups is 1. The molecule has 28 heavy (non-hydrogen) atoms. The second kappa shape index (κ2) is 7.64. The van der Waals surface area contributed by atoms with E-state index >= 15 is 0 Å². The molecule has 1 aliphatic heterocycles.